The fourth-order valence-electron chi connectivity index (χ4n) is 1.83. The summed E-state index contributed by atoms with van der Waals surface area (Å²) in [6.07, 6.45) is 3.81. The molecule has 1 aromatic rings. The molecule has 0 amide bonds. The van der Waals surface area contributed by atoms with E-state index < -0.39 is 0 Å². The minimum absolute atomic E-state index is 0.0165. The second-order valence-electron chi connectivity index (χ2n) is 3.73. The second-order valence-corrected chi connectivity index (χ2v) is 3.73. The Bertz CT molecular complexity index is 313. The SMILES string of the molecule is COc1ccc(C2OCCCC2N)cn1. The van der Waals surface area contributed by atoms with Crippen molar-refractivity contribution in [3.05, 3.63) is 23.9 Å². The van der Waals surface area contributed by atoms with E-state index in [1.165, 1.54) is 0 Å². The number of nitrogens with zero attached hydrogens (tertiary/aromatic N) is 1. The Morgan fingerprint density at radius 3 is 3.00 bits per heavy atom. The van der Waals surface area contributed by atoms with E-state index in [-0.39, 0.29) is 12.1 Å². The number of methoxy groups -OCH3 is 1. The lowest BCUT2D eigenvalue weighted by Gasteiger charge is -2.28. The van der Waals surface area contributed by atoms with E-state index in [9.17, 15) is 0 Å². The molecular weight excluding hydrogens is 192 g/mol. The Balaban J connectivity index is 2.13. The van der Waals surface area contributed by atoms with Crippen molar-refractivity contribution in [3.8, 4) is 5.88 Å². The molecule has 4 nitrogen and oxygen atoms in total. The summed E-state index contributed by atoms with van der Waals surface area (Å²) in [5.41, 5.74) is 7.03. The van der Waals surface area contributed by atoms with E-state index in [1.54, 1.807) is 13.3 Å². The third kappa shape index (κ3) is 2.27. The van der Waals surface area contributed by atoms with Gasteiger partial charge in [-0.05, 0) is 18.9 Å². The Morgan fingerprint density at radius 2 is 2.40 bits per heavy atom. The first kappa shape index (κ1) is 10.4. The lowest BCUT2D eigenvalue weighted by Crippen LogP contribution is -2.34. The average molecular weight is 208 g/mol. The molecule has 1 aromatic heterocycles. The summed E-state index contributed by atoms with van der Waals surface area (Å²) in [6, 6.07) is 3.87. The smallest absolute Gasteiger partial charge is 0.212 e. The largest absolute Gasteiger partial charge is 0.481 e. The monoisotopic (exact) mass is 208 g/mol. The number of nitrogens with two attached hydrogens (primary N) is 1. The number of pyridine rings is 1. The third-order valence-corrected chi connectivity index (χ3v) is 2.66. The van der Waals surface area contributed by atoms with Crippen molar-refractivity contribution in [2.75, 3.05) is 13.7 Å². The first-order valence-corrected chi connectivity index (χ1v) is 5.18. The zero-order chi connectivity index (χ0) is 10.7. The molecule has 2 unspecified atom stereocenters. The van der Waals surface area contributed by atoms with Crippen LogP contribution in [0.25, 0.3) is 0 Å². The van der Waals surface area contributed by atoms with Crippen molar-refractivity contribution in [3.63, 3.8) is 0 Å². The Morgan fingerprint density at radius 1 is 1.53 bits per heavy atom. The number of hydrogen-bond donors (Lipinski definition) is 1. The molecule has 1 saturated heterocycles. The van der Waals surface area contributed by atoms with Gasteiger partial charge in [0.05, 0.1) is 13.2 Å². The highest BCUT2D eigenvalue weighted by Gasteiger charge is 2.24. The Hall–Kier alpha value is -1.13. The summed E-state index contributed by atoms with van der Waals surface area (Å²) in [6.45, 7) is 0.782. The van der Waals surface area contributed by atoms with Crippen LogP contribution in [-0.2, 0) is 4.74 Å². The van der Waals surface area contributed by atoms with E-state index in [0.29, 0.717) is 5.88 Å². The van der Waals surface area contributed by atoms with E-state index in [0.717, 1.165) is 25.0 Å². The van der Waals surface area contributed by atoms with E-state index >= 15 is 0 Å². The van der Waals surface area contributed by atoms with Crippen molar-refractivity contribution in [2.24, 2.45) is 5.73 Å². The standard InChI is InChI=1S/C11H16N2O2/c1-14-10-5-4-8(7-13-10)11-9(12)3-2-6-15-11/h4-5,7,9,11H,2-3,6,12H2,1H3. The molecule has 0 spiro atoms. The van der Waals surface area contributed by atoms with Crippen molar-refractivity contribution in [1.82, 2.24) is 4.98 Å². The minimum atomic E-state index is -0.0165. The first-order valence-electron chi connectivity index (χ1n) is 5.18. The van der Waals surface area contributed by atoms with Crippen molar-refractivity contribution in [2.45, 2.75) is 25.0 Å². The van der Waals surface area contributed by atoms with Gasteiger partial charge in [0.1, 0.15) is 0 Å². The zero-order valence-electron chi connectivity index (χ0n) is 8.85. The Labute approximate surface area is 89.4 Å². The van der Waals surface area contributed by atoms with Crippen LogP contribution in [0.5, 0.6) is 5.88 Å². The number of hydrogen-bond acceptors (Lipinski definition) is 4. The molecule has 1 aliphatic rings. The van der Waals surface area contributed by atoms with Gasteiger partial charge < -0.3 is 15.2 Å². The maximum Gasteiger partial charge on any atom is 0.212 e. The van der Waals surface area contributed by atoms with Crippen LogP contribution in [0.15, 0.2) is 18.3 Å². The molecule has 4 heteroatoms. The van der Waals surface area contributed by atoms with Gasteiger partial charge in [0.25, 0.3) is 0 Å². The van der Waals surface area contributed by atoms with E-state index in [4.69, 9.17) is 15.2 Å². The van der Waals surface area contributed by atoms with Gasteiger partial charge in [0, 0.05) is 30.5 Å². The van der Waals surface area contributed by atoms with Crippen LogP contribution in [0.2, 0.25) is 0 Å². The predicted octanol–water partition coefficient (Wildman–Crippen LogP) is 1.27. The van der Waals surface area contributed by atoms with Crippen LogP contribution in [0.4, 0.5) is 0 Å². The molecule has 1 aliphatic heterocycles. The lowest BCUT2D eigenvalue weighted by atomic mass is 9.98. The zero-order valence-corrected chi connectivity index (χ0v) is 8.85. The molecule has 0 aromatic carbocycles. The summed E-state index contributed by atoms with van der Waals surface area (Å²) in [5.74, 6) is 0.614. The fraction of sp³-hybridized carbons (Fsp3) is 0.545. The van der Waals surface area contributed by atoms with E-state index in [1.807, 2.05) is 12.1 Å². The highest BCUT2D eigenvalue weighted by Crippen LogP contribution is 2.27. The maximum absolute atomic E-state index is 6.00. The molecule has 0 saturated carbocycles. The second kappa shape index (κ2) is 4.59. The molecule has 2 rings (SSSR count). The minimum Gasteiger partial charge on any atom is -0.481 e. The van der Waals surface area contributed by atoms with Crippen molar-refractivity contribution in [1.29, 1.82) is 0 Å². The quantitative estimate of drug-likeness (QED) is 0.795. The third-order valence-electron chi connectivity index (χ3n) is 2.66. The summed E-state index contributed by atoms with van der Waals surface area (Å²) in [5, 5.41) is 0. The fourth-order valence-corrected chi connectivity index (χ4v) is 1.83. The molecule has 0 bridgehead atoms. The number of aromatic nitrogens is 1. The van der Waals surface area contributed by atoms with Gasteiger partial charge in [-0.25, -0.2) is 4.98 Å². The van der Waals surface area contributed by atoms with E-state index in [2.05, 4.69) is 4.98 Å². The van der Waals surface area contributed by atoms with Crippen LogP contribution in [0.3, 0.4) is 0 Å². The lowest BCUT2D eigenvalue weighted by molar-refractivity contribution is -0.0000874. The van der Waals surface area contributed by atoms with Crippen LogP contribution in [0, 0.1) is 0 Å². The van der Waals surface area contributed by atoms with Gasteiger partial charge in [-0.2, -0.15) is 0 Å². The normalized spacial score (nSPS) is 26.3. The molecule has 1 fully saturated rings. The molecule has 0 aliphatic carbocycles. The van der Waals surface area contributed by atoms with Crippen molar-refractivity contribution >= 4 is 0 Å². The summed E-state index contributed by atoms with van der Waals surface area (Å²) in [4.78, 5) is 4.15. The molecule has 2 heterocycles. The van der Waals surface area contributed by atoms with Gasteiger partial charge in [-0.1, -0.05) is 0 Å². The van der Waals surface area contributed by atoms with Crippen LogP contribution in [0.1, 0.15) is 24.5 Å². The van der Waals surface area contributed by atoms with Crippen LogP contribution < -0.4 is 10.5 Å². The molecule has 2 atom stereocenters. The highest BCUT2D eigenvalue weighted by molar-refractivity contribution is 5.21. The molecular formula is C11H16N2O2. The average Bonchev–Trinajstić information content (AvgIpc) is 2.30. The van der Waals surface area contributed by atoms with Gasteiger partial charge in [-0.3, -0.25) is 0 Å². The van der Waals surface area contributed by atoms with Crippen LogP contribution >= 0.6 is 0 Å². The first-order chi connectivity index (χ1) is 7.31. The van der Waals surface area contributed by atoms with Crippen LogP contribution in [-0.4, -0.2) is 24.7 Å². The van der Waals surface area contributed by atoms with Gasteiger partial charge >= 0.3 is 0 Å². The Kier molecular flexibility index (Phi) is 3.18. The highest BCUT2D eigenvalue weighted by atomic mass is 16.5. The number of ether oxygens (including phenoxy) is 2. The number of rotatable bonds is 2. The van der Waals surface area contributed by atoms with Gasteiger partial charge in [0.2, 0.25) is 5.88 Å². The molecule has 2 N–H and O–H groups in total. The summed E-state index contributed by atoms with van der Waals surface area (Å²) in [7, 11) is 1.60. The van der Waals surface area contributed by atoms with Gasteiger partial charge in [-0.15, -0.1) is 0 Å². The van der Waals surface area contributed by atoms with Crippen molar-refractivity contribution < 1.29 is 9.47 Å². The molecule has 15 heavy (non-hydrogen) atoms. The topological polar surface area (TPSA) is 57.4 Å². The van der Waals surface area contributed by atoms with Gasteiger partial charge in [0.15, 0.2) is 0 Å². The molecule has 0 radical (unpaired) electrons. The summed E-state index contributed by atoms with van der Waals surface area (Å²) >= 11 is 0. The predicted molar refractivity (Wildman–Crippen MR) is 56.7 cm³/mol. The summed E-state index contributed by atoms with van der Waals surface area (Å²) < 4.78 is 10.6. The molecule has 82 valence electrons. The maximum atomic E-state index is 6.00.